The van der Waals surface area contributed by atoms with Crippen LogP contribution in [0.5, 0.6) is 0 Å². The fourth-order valence-corrected chi connectivity index (χ4v) is 4.26. The normalized spacial score (nSPS) is 23.4. The standard InChI is InChI=1S/C19H31N5O/c1-16-20-18(23-6-2-3-7-23)14-19(21-16)24-10-8-22(9-11-24)15-17-4-12-25-13-5-17/h14,17H,2-13,15H2,1H3. The molecule has 3 fully saturated rings. The van der Waals surface area contributed by atoms with Crippen molar-refractivity contribution in [3.8, 4) is 0 Å². The van der Waals surface area contributed by atoms with Crippen LogP contribution in [0.4, 0.5) is 11.6 Å². The van der Waals surface area contributed by atoms with E-state index in [-0.39, 0.29) is 0 Å². The number of anilines is 2. The zero-order chi connectivity index (χ0) is 17.1. The third kappa shape index (κ3) is 4.23. The van der Waals surface area contributed by atoms with Gasteiger partial charge in [-0.3, -0.25) is 4.90 Å². The molecule has 0 aromatic carbocycles. The molecule has 4 rings (SSSR count). The molecule has 0 atom stereocenters. The predicted molar refractivity (Wildman–Crippen MR) is 100 cm³/mol. The first kappa shape index (κ1) is 17.0. The Kier molecular flexibility index (Phi) is 5.36. The summed E-state index contributed by atoms with van der Waals surface area (Å²) in [6.07, 6.45) is 5.02. The van der Waals surface area contributed by atoms with Gasteiger partial charge in [0.1, 0.15) is 17.5 Å². The van der Waals surface area contributed by atoms with Crippen molar-refractivity contribution in [2.75, 3.05) is 68.8 Å². The van der Waals surface area contributed by atoms with E-state index in [0.717, 1.165) is 75.9 Å². The quantitative estimate of drug-likeness (QED) is 0.831. The highest BCUT2D eigenvalue weighted by atomic mass is 16.5. The van der Waals surface area contributed by atoms with E-state index in [1.807, 2.05) is 6.92 Å². The molecule has 0 bridgehead atoms. The molecule has 4 heterocycles. The van der Waals surface area contributed by atoms with Gasteiger partial charge in [0.2, 0.25) is 0 Å². The lowest BCUT2D eigenvalue weighted by atomic mass is 9.99. The fraction of sp³-hybridized carbons (Fsp3) is 0.789. The molecule has 6 nitrogen and oxygen atoms in total. The smallest absolute Gasteiger partial charge is 0.134 e. The molecular formula is C19H31N5O. The van der Waals surface area contributed by atoms with Crippen LogP contribution in [-0.4, -0.2) is 73.9 Å². The minimum Gasteiger partial charge on any atom is -0.381 e. The van der Waals surface area contributed by atoms with Crippen molar-refractivity contribution in [1.29, 1.82) is 0 Å². The highest BCUT2D eigenvalue weighted by Gasteiger charge is 2.23. The number of ether oxygens (including phenoxy) is 1. The van der Waals surface area contributed by atoms with E-state index in [1.165, 1.54) is 32.2 Å². The molecule has 0 saturated carbocycles. The third-order valence-electron chi connectivity index (χ3n) is 5.79. The highest BCUT2D eigenvalue weighted by Crippen LogP contribution is 2.24. The second-order valence-corrected chi connectivity index (χ2v) is 7.67. The number of rotatable bonds is 4. The van der Waals surface area contributed by atoms with Crippen molar-refractivity contribution in [3.63, 3.8) is 0 Å². The summed E-state index contributed by atoms with van der Waals surface area (Å²) in [5.41, 5.74) is 0. The largest absolute Gasteiger partial charge is 0.381 e. The number of nitrogens with zero attached hydrogens (tertiary/aromatic N) is 5. The number of hydrogen-bond acceptors (Lipinski definition) is 6. The van der Waals surface area contributed by atoms with Crippen LogP contribution in [0.25, 0.3) is 0 Å². The minimum atomic E-state index is 0.823. The molecule has 0 unspecified atom stereocenters. The van der Waals surface area contributed by atoms with Gasteiger partial charge in [-0.1, -0.05) is 0 Å². The number of aryl methyl sites for hydroxylation is 1. The van der Waals surface area contributed by atoms with Crippen molar-refractivity contribution in [3.05, 3.63) is 11.9 Å². The van der Waals surface area contributed by atoms with Gasteiger partial charge in [-0.25, -0.2) is 9.97 Å². The summed E-state index contributed by atoms with van der Waals surface area (Å²) in [5.74, 6) is 3.94. The average Bonchev–Trinajstić information content (AvgIpc) is 3.17. The van der Waals surface area contributed by atoms with Gasteiger partial charge in [0.05, 0.1) is 0 Å². The Labute approximate surface area is 151 Å². The topological polar surface area (TPSA) is 44.7 Å². The lowest BCUT2D eigenvalue weighted by molar-refractivity contribution is 0.0517. The molecular weight excluding hydrogens is 314 g/mol. The maximum atomic E-state index is 5.48. The van der Waals surface area contributed by atoms with Crippen LogP contribution in [0.3, 0.4) is 0 Å². The lowest BCUT2D eigenvalue weighted by Crippen LogP contribution is -2.48. The molecule has 138 valence electrons. The molecule has 3 aliphatic heterocycles. The van der Waals surface area contributed by atoms with Crippen LogP contribution < -0.4 is 9.80 Å². The maximum Gasteiger partial charge on any atom is 0.134 e. The fourth-order valence-electron chi connectivity index (χ4n) is 4.26. The second kappa shape index (κ2) is 7.87. The first-order valence-electron chi connectivity index (χ1n) is 9.93. The van der Waals surface area contributed by atoms with Crippen LogP contribution >= 0.6 is 0 Å². The molecule has 0 amide bonds. The lowest BCUT2D eigenvalue weighted by Gasteiger charge is -2.38. The molecule has 0 spiro atoms. The Morgan fingerprint density at radius 2 is 1.52 bits per heavy atom. The third-order valence-corrected chi connectivity index (χ3v) is 5.79. The van der Waals surface area contributed by atoms with Gasteiger partial charge in [0.25, 0.3) is 0 Å². The highest BCUT2D eigenvalue weighted by molar-refractivity contribution is 5.51. The SMILES string of the molecule is Cc1nc(N2CCCC2)cc(N2CCN(CC3CCOCC3)CC2)n1. The minimum absolute atomic E-state index is 0.823. The Morgan fingerprint density at radius 1 is 0.920 bits per heavy atom. The van der Waals surface area contributed by atoms with E-state index in [0.29, 0.717) is 0 Å². The van der Waals surface area contributed by atoms with E-state index in [4.69, 9.17) is 9.72 Å². The molecule has 0 aliphatic carbocycles. The van der Waals surface area contributed by atoms with E-state index in [2.05, 4.69) is 25.8 Å². The maximum absolute atomic E-state index is 5.48. The molecule has 3 aliphatic rings. The Hall–Kier alpha value is -1.40. The predicted octanol–water partition coefficient (Wildman–Crippen LogP) is 1.93. The van der Waals surface area contributed by atoms with Crippen LogP contribution in [0.2, 0.25) is 0 Å². The van der Waals surface area contributed by atoms with Gasteiger partial charge in [-0.05, 0) is 38.5 Å². The average molecular weight is 345 g/mol. The summed E-state index contributed by atoms with van der Waals surface area (Å²) in [4.78, 5) is 16.9. The first-order valence-corrected chi connectivity index (χ1v) is 9.93. The van der Waals surface area contributed by atoms with Gasteiger partial charge < -0.3 is 14.5 Å². The molecule has 25 heavy (non-hydrogen) atoms. The van der Waals surface area contributed by atoms with E-state index < -0.39 is 0 Å². The molecule has 0 radical (unpaired) electrons. The van der Waals surface area contributed by atoms with Crippen molar-refractivity contribution < 1.29 is 4.74 Å². The zero-order valence-electron chi connectivity index (χ0n) is 15.5. The van der Waals surface area contributed by atoms with Crippen LogP contribution in [0.1, 0.15) is 31.5 Å². The Morgan fingerprint density at radius 3 is 2.16 bits per heavy atom. The number of hydrogen-bond donors (Lipinski definition) is 0. The summed E-state index contributed by atoms with van der Waals surface area (Å²) in [6.45, 7) is 11.8. The van der Waals surface area contributed by atoms with Crippen molar-refractivity contribution in [1.82, 2.24) is 14.9 Å². The van der Waals surface area contributed by atoms with Crippen LogP contribution in [-0.2, 0) is 4.74 Å². The molecule has 1 aromatic heterocycles. The van der Waals surface area contributed by atoms with Gasteiger partial charge in [-0.15, -0.1) is 0 Å². The summed E-state index contributed by atoms with van der Waals surface area (Å²) >= 11 is 0. The number of aromatic nitrogens is 2. The first-order chi connectivity index (χ1) is 12.3. The molecule has 1 aromatic rings. The molecule has 6 heteroatoms. The van der Waals surface area contributed by atoms with Crippen LogP contribution in [0, 0.1) is 12.8 Å². The Bertz CT molecular complexity index is 561. The number of piperazine rings is 1. The summed E-state index contributed by atoms with van der Waals surface area (Å²) < 4.78 is 5.48. The molecule has 3 saturated heterocycles. The zero-order valence-corrected chi connectivity index (χ0v) is 15.5. The monoisotopic (exact) mass is 345 g/mol. The van der Waals surface area contributed by atoms with Gasteiger partial charge >= 0.3 is 0 Å². The second-order valence-electron chi connectivity index (χ2n) is 7.67. The summed E-state index contributed by atoms with van der Waals surface area (Å²) in [6, 6.07) is 2.20. The van der Waals surface area contributed by atoms with E-state index >= 15 is 0 Å². The van der Waals surface area contributed by atoms with E-state index in [9.17, 15) is 0 Å². The van der Waals surface area contributed by atoms with E-state index in [1.54, 1.807) is 0 Å². The van der Waals surface area contributed by atoms with Crippen molar-refractivity contribution in [2.45, 2.75) is 32.6 Å². The van der Waals surface area contributed by atoms with Gasteiger partial charge in [-0.2, -0.15) is 0 Å². The van der Waals surface area contributed by atoms with Crippen molar-refractivity contribution in [2.24, 2.45) is 5.92 Å². The van der Waals surface area contributed by atoms with Crippen LogP contribution in [0.15, 0.2) is 6.07 Å². The van der Waals surface area contributed by atoms with Gasteiger partial charge in [0.15, 0.2) is 0 Å². The summed E-state index contributed by atoms with van der Waals surface area (Å²) in [7, 11) is 0. The van der Waals surface area contributed by atoms with Gasteiger partial charge in [0, 0.05) is 65.1 Å². The molecule has 0 N–H and O–H groups in total. The van der Waals surface area contributed by atoms with Crippen molar-refractivity contribution >= 4 is 11.6 Å². The summed E-state index contributed by atoms with van der Waals surface area (Å²) in [5, 5.41) is 0. The Balaban J connectivity index is 1.35.